The first-order valence-corrected chi connectivity index (χ1v) is 7.25. The molecule has 0 aliphatic carbocycles. The number of hydrogen-bond acceptors (Lipinski definition) is 5. The van der Waals surface area contributed by atoms with Crippen LogP contribution < -0.4 is 4.90 Å². The molecule has 1 aliphatic rings. The van der Waals surface area contributed by atoms with Gasteiger partial charge in [-0.05, 0) is 19.8 Å². The zero-order valence-corrected chi connectivity index (χ0v) is 12.2. The van der Waals surface area contributed by atoms with Crippen molar-refractivity contribution in [2.45, 2.75) is 32.2 Å². The predicted octanol–water partition coefficient (Wildman–Crippen LogP) is 2.13. The number of halogens is 1. The van der Waals surface area contributed by atoms with Gasteiger partial charge in [0.25, 0.3) is 0 Å². The van der Waals surface area contributed by atoms with Crippen molar-refractivity contribution in [3.05, 3.63) is 29.7 Å². The van der Waals surface area contributed by atoms with E-state index in [1.807, 2.05) is 6.33 Å². The summed E-state index contributed by atoms with van der Waals surface area (Å²) in [7, 11) is 0. The van der Waals surface area contributed by atoms with Gasteiger partial charge in [-0.25, -0.2) is 9.97 Å². The maximum Gasteiger partial charge on any atom is 0.150 e. The van der Waals surface area contributed by atoms with Gasteiger partial charge in [0, 0.05) is 25.6 Å². The number of rotatable bonds is 3. The van der Waals surface area contributed by atoms with E-state index in [-0.39, 0.29) is 0 Å². The first kappa shape index (κ1) is 13.3. The van der Waals surface area contributed by atoms with Crippen molar-refractivity contribution in [3.8, 4) is 0 Å². The van der Waals surface area contributed by atoms with Crippen LogP contribution in [0.15, 0.2) is 18.9 Å². The Balaban J connectivity index is 1.70. The average Bonchev–Trinajstić information content (AvgIpc) is 2.96. The van der Waals surface area contributed by atoms with E-state index < -0.39 is 0 Å². The average molecular weight is 293 g/mol. The summed E-state index contributed by atoms with van der Waals surface area (Å²) in [6, 6.07) is 0. The zero-order chi connectivity index (χ0) is 13.9. The molecule has 2 aromatic heterocycles. The van der Waals surface area contributed by atoms with Gasteiger partial charge in [0.2, 0.25) is 0 Å². The summed E-state index contributed by atoms with van der Waals surface area (Å²) in [4.78, 5) is 10.4. The maximum absolute atomic E-state index is 6.15. The van der Waals surface area contributed by atoms with E-state index in [9.17, 15) is 0 Å². The number of piperidine rings is 1. The zero-order valence-electron chi connectivity index (χ0n) is 11.4. The van der Waals surface area contributed by atoms with E-state index in [1.54, 1.807) is 12.5 Å². The highest BCUT2D eigenvalue weighted by molar-refractivity contribution is 6.32. The number of hydrogen-bond donors (Lipinski definition) is 0. The minimum atomic E-state index is 0.467. The standard InChI is InChI=1S/C13H17ClN6/c1-2-19-9-17-18-12(19)10-3-5-20(6-4-10)13-11(14)7-15-8-16-13/h7-10H,2-6H2,1H3. The van der Waals surface area contributed by atoms with Crippen LogP contribution in [0.25, 0.3) is 0 Å². The van der Waals surface area contributed by atoms with Crippen LogP contribution in [0.4, 0.5) is 5.82 Å². The van der Waals surface area contributed by atoms with Crippen molar-refractivity contribution < 1.29 is 0 Å². The van der Waals surface area contributed by atoms with E-state index in [4.69, 9.17) is 11.6 Å². The Morgan fingerprint density at radius 3 is 2.85 bits per heavy atom. The quantitative estimate of drug-likeness (QED) is 0.867. The van der Waals surface area contributed by atoms with E-state index in [1.165, 1.54) is 0 Å². The van der Waals surface area contributed by atoms with Crippen LogP contribution in [0.5, 0.6) is 0 Å². The monoisotopic (exact) mass is 292 g/mol. The molecule has 1 saturated heterocycles. The first-order valence-electron chi connectivity index (χ1n) is 6.87. The van der Waals surface area contributed by atoms with Crippen molar-refractivity contribution in [1.82, 2.24) is 24.7 Å². The molecule has 7 heteroatoms. The van der Waals surface area contributed by atoms with E-state index in [0.717, 1.165) is 44.1 Å². The Kier molecular flexibility index (Phi) is 3.82. The molecule has 0 amide bonds. The third-order valence-electron chi connectivity index (χ3n) is 3.79. The van der Waals surface area contributed by atoms with Gasteiger partial charge in [-0.15, -0.1) is 10.2 Å². The summed E-state index contributed by atoms with van der Waals surface area (Å²) in [5.74, 6) is 2.40. The molecule has 106 valence electrons. The molecule has 0 atom stereocenters. The van der Waals surface area contributed by atoms with Crippen molar-refractivity contribution in [2.75, 3.05) is 18.0 Å². The molecule has 3 rings (SSSR count). The molecule has 2 aromatic rings. The fourth-order valence-electron chi connectivity index (χ4n) is 2.71. The first-order chi connectivity index (χ1) is 9.79. The van der Waals surface area contributed by atoms with Gasteiger partial charge in [0.15, 0.2) is 5.82 Å². The van der Waals surface area contributed by atoms with Crippen LogP contribution in [-0.4, -0.2) is 37.8 Å². The van der Waals surface area contributed by atoms with Gasteiger partial charge in [0.1, 0.15) is 23.5 Å². The molecular weight excluding hydrogens is 276 g/mol. The molecule has 0 radical (unpaired) electrons. The van der Waals surface area contributed by atoms with Gasteiger partial charge in [0.05, 0.1) is 6.20 Å². The lowest BCUT2D eigenvalue weighted by atomic mass is 9.96. The SMILES string of the molecule is CCn1cnnc1C1CCN(c2ncncc2Cl)CC1. The third kappa shape index (κ3) is 2.47. The molecular formula is C13H17ClN6. The fraction of sp³-hybridized carbons (Fsp3) is 0.538. The van der Waals surface area contributed by atoms with Crippen molar-refractivity contribution in [3.63, 3.8) is 0 Å². The second-order valence-corrected chi connectivity index (χ2v) is 5.34. The van der Waals surface area contributed by atoms with Crippen LogP contribution in [0.3, 0.4) is 0 Å². The summed E-state index contributed by atoms with van der Waals surface area (Å²) in [6.07, 6.45) is 7.08. The largest absolute Gasteiger partial charge is 0.355 e. The van der Waals surface area contributed by atoms with E-state index >= 15 is 0 Å². The highest BCUT2D eigenvalue weighted by atomic mass is 35.5. The highest BCUT2D eigenvalue weighted by Gasteiger charge is 2.25. The van der Waals surface area contributed by atoms with Crippen molar-refractivity contribution in [1.29, 1.82) is 0 Å². The Labute approximate surface area is 122 Å². The van der Waals surface area contributed by atoms with E-state index in [0.29, 0.717) is 10.9 Å². The van der Waals surface area contributed by atoms with Crippen LogP contribution in [-0.2, 0) is 6.54 Å². The Hall–Kier alpha value is -1.69. The van der Waals surface area contributed by atoms with Gasteiger partial charge >= 0.3 is 0 Å². The number of aryl methyl sites for hydroxylation is 1. The Morgan fingerprint density at radius 2 is 2.15 bits per heavy atom. The maximum atomic E-state index is 6.15. The summed E-state index contributed by atoms with van der Waals surface area (Å²) in [5, 5.41) is 8.90. The molecule has 6 nitrogen and oxygen atoms in total. The topological polar surface area (TPSA) is 59.7 Å². The lowest BCUT2D eigenvalue weighted by Gasteiger charge is -2.32. The van der Waals surface area contributed by atoms with Crippen LogP contribution in [0.1, 0.15) is 31.5 Å². The number of anilines is 1. The summed E-state index contributed by atoms with van der Waals surface area (Å²) >= 11 is 6.15. The molecule has 3 heterocycles. The lowest BCUT2D eigenvalue weighted by Crippen LogP contribution is -2.34. The van der Waals surface area contributed by atoms with Gasteiger partial charge < -0.3 is 9.47 Å². The molecule has 1 aliphatic heterocycles. The van der Waals surface area contributed by atoms with Crippen LogP contribution >= 0.6 is 11.6 Å². The van der Waals surface area contributed by atoms with Gasteiger partial charge in [-0.1, -0.05) is 11.6 Å². The fourth-order valence-corrected chi connectivity index (χ4v) is 2.94. The highest BCUT2D eigenvalue weighted by Crippen LogP contribution is 2.30. The smallest absolute Gasteiger partial charge is 0.150 e. The summed E-state index contributed by atoms with van der Waals surface area (Å²) in [6.45, 7) is 4.89. The lowest BCUT2D eigenvalue weighted by molar-refractivity contribution is 0.465. The molecule has 0 unspecified atom stereocenters. The van der Waals surface area contributed by atoms with E-state index in [2.05, 4.69) is 36.6 Å². The molecule has 0 saturated carbocycles. The second-order valence-electron chi connectivity index (χ2n) is 4.93. The molecule has 0 N–H and O–H groups in total. The molecule has 0 bridgehead atoms. The third-order valence-corrected chi connectivity index (χ3v) is 4.06. The molecule has 0 aromatic carbocycles. The van der Waals surface area contributed by atoms with Gasteiger partial charge in [-0.3, -0.25) is 0 Å². The van der Waals surface area contributed by atoms with Crippen molar-refractivity contribution >= 4 is 17.4 Å². The second kappa shape index (κ2) is 5.75. The normalized spacial score (nSPS) is 16.6. The Morgan fingerprint density at radius 1 is 1.35 bits per heavy atom. The molecule has 1 fully saturated rings. The number of aromatic nitrogens is 5. The molecule has 0 spiro atoms. The van der Waals surface area contributed by atoms with Gasteiger partial charge in [-0.2, -0.15) is 0 Å². The molecule has 20 heavy (non-hydrogen) atoms. The predicted molar refractivity (Wildman–Crippen MR) is 76.9 cm³/mol. The minimum Gasteiger partial charge on any atom is -0.355 e. The summed E-state index contributed by atoms with van der Waals surface area (Å²) < 4.78 is 2.12. The Bertz CT molecular complexity index is 576. The van der Waals surface area contributed by atoms with Crippen molar-refractivity contribution in [2.24, 2.45) is 0 Å². The van der Waals surface area contributed by atoms with Crippen LogP contribution in [0.2, 0.25) is 5.02 Å². The minimum absolute atomic E-state index is 0.467. The summed E-state index contributed by atoms with van der Waals surface area (Å²) in [5.41, 5.74) is 0. The number of nitrogens with zero attached hydrogens (tertiary/aromatic N) is 6. The van der Waals surface area contributed by atoms with Crippen LogP contribution in [0, 0.1) is 0 Å².